The molecule has 0 saturated carbocycles. The van der Waals surface area contributed by atoms with Gasteiger partial charge in [-0.1, -0.05) is 11.8 Å². The first kappa shape index (κ1) is 9.85. The second-order valence-electron chi connectivity index (χ2n) is 2.46. The van der Waals surface area contributed by atoms with E-state index in [2.05, 4.69) is 37.5 Å². The SMILES string of the molecule is Ic1cncnc1Sc1ccncc1. The highest BCUT2D eigenvalue weighted by Crippen LogP contribution is 2.27. The number of pyridine rings is 1. The van der Waals surface area contributed by atoms with Gasteiger partial charge in [-0.05, 0) is 34.7 Å². The van der Waals surface area contributed by atoms with Gasteiger partial charge in [-0.15, -0.1) is 0 Å². The summed E-state index contributed by atoms with van der Waals surface area (Å²) in [7, 11) is 0. The maximum Gasteiger partial charge on any atom is 0.118 e. The van der Waals surface area contributed by atoms with Crippen LogP contribution >= 0.6 is 34.4 Å². The first-order valence-corrected chi connectivity index (χ1v) is 5.79. The Bertz CT molecular complexity index is 421. The van der Waals surface area contributed by atoms with E-state index in [4.69, 9.17) is 0 Å². The smallest absolute Gasteiger partial charge is 0.118 e. The molecule has 0 bridgehead atoms. The molecule has 0 fully saturated rings. The van der Waals surface area contributed by atoms with E-state index in [1.807, 2.05) is 12.1 Å². The molecule has 2 rings (SSSR count). The lowest BCUT2D eigenvalue weighted by atomic mass is 10.5. The number of hydrogen-bond donors (Lipinski definition) is 0. The maximum absolute atomic E-state index is 4.20. The maximum atomic E-state index is 4.20. The first-order chi connectivity index (χ1) is 6.86. The number of rotatable bonds is 2. The molecule has 3 nitrogen and oxygen atoms in total. The van der Waals surface area contributed by atoms with Crippen molar-refractivity contribution in [2.24, 2.45) is 0 Å². The Balaban J connectivity index is 2.24. The lowest BCUT2D eigenvalue weighted by molar-refractivity contribution is 1.02. The van der Waals surface area contributed by atoms with Crippen molar-refractivity contribution in [2.45, 2.75) is 9.92 Å². The highest BCUT2D eigenvalue weighted by atomic mass is 127. The van der Waals surface area contributed by atoms with Crippen LogP contribution in [0.3, 0.4) is 0 Å². The molecule has 14 heavy (non-hydrogen) atoms. The van der Waals surface area contributed by atoms with Crippen LogP contribution in [0, 0.1) is 3.57 Å². The molecule has 0 atom stereocenters. The Hall–Kier alpha value is -0.690. The fraction of sp³-hybridized carbons (Fsp3) is 0. The van der Waals surface area contributed by atoms with Crippen molar-refractivity contribution in [3.63, 3.8) is 0 Å². The van der Waals surface area contributed by atoms with Gasteiger partial charge in [0.15, 0.2) is 0 Å². The second-order valence-corrected chi connectivity index (χ2v) is 4.69. The molecule has 2 heterocycles. The Kier molecular flexibility index (Phi) is 3.30. The molecule has 0 aliphatic rings. The predicted octanol–water partition coefficient (Wildman–Crippen LogP) is 2.63. The van der Waals surface area contributed by atoms with E-state index in [1.165, 1.54) is 0 Å². The van der Waals surface area contributed by atoms with Crippen LogP contribution in [0.2, 0.25) is 0 Å². The van der Waals surface area contributed by atoms with E-state index in [-0.39, 0.29) is 0 Å². The summed E-state index contributed by atoms with van der Waals surface area (Å²) in [5.41, 5.74) is 0. The molecule has 0 aliphatic heterocycles. The number of halogens is 1. The third kappa shape index (κ3) is 2.42. The average molecular weight is 315 g/mol. The average Bonchev–Trinajstić information content (AvgIpc) is 2.23. The standard InChI is InChI=1S/C9H6IN3S/c10-8-5-12-6-13-9(8)14-7-1-3-11-4-2-7/h1-6H. The molecular formula is C9H6IN3S. The summed E-state index contributed by atoms with van der Waals surface area (Å²) < 4.78 is 1.06. The summed E-state index contributed by atoms with van der Waals surface area (Å²) >= 11 is 3.84. The fourth-order valence-electron chi connectivity index (χ4n) is 0.894. The zero-order valence-electron chi connectivity index (χ0n) is 7.09. The number of aromatic nitrogens is 3. The topological polar surface area (TPSA) is 38.7 Å². The van der Waals surface area contributed by atoms with Gasteiger partial charge in [-0.3, -0.25) is 4.98 Å². The molecule has 2 aromatic rings. The lowest BCUT2D eigenvalue weighted by Gasteiger charge is -2.00. The van der Waals surface area contributed by atoms with Gasteiger partial charge < -0.3 is 0 Å². The van der Waals surface area contributed by atoms with E-state index >= 15 is 0 Å². The summed E-state index contributed by atoms with van der Waals surface area (Å²) in [6, 6.07) is 3.92. The summed E-state index contributed by atoms with van der Waals surface area (Å²) in [4.78, 5) is 13.2. The van der Waals surface area contributed by atoms with Gasteiger partial charge in [0.2, 0.25) is 0 Å². The van der Waals surface area contributed by atoms with Crippen molar-refractivity contribution in [3.8, 4) is 0 Å². The summed E-state index contributed by atoms with van der Waals surface area (Å²) in [5.74, 6) is 0. The van der Waals surface area contributed by atoms with E-state index in [1.54, 1.807) is 36.7 Å². The first-order valence-electron chi connectivity index (χ1n) is 3.89. The Morgan fingerprint density at radius 3 is 2.64 bits per heavy atom. The quantitative estimate of drug-likeness (QED) is 0.631. The molecule has 0 N–H and O–H groups in total. The Labute approximate surface area is 99.5 Å². The van der Waals surface area contributed by atoms with Gasteiger partial charge in [0.1, 0.15) is 11.4 Å². The van der Waals surface area contributed by atoms with Crippen LogP contribution in [0.25, 0.3) is 0 Å². The zero-order chi connectivity index (χ0) is 9.80. The zero-order valence-corrected chi connectivity index (χ0v) is 10.1. The molecule has 0 amide bonds. The van der Waals surface area contributed by atoms with Crippen LogP contribution in [-0.2, 0) is 0 Å². The third-order valence-corrected chi connectivity index (χ3v) is 3.68. The predicted molar refractivity (Wildman–Crippen MR) is 63.1 cm³/mol. The molecule has 0 radical (unpaired) electrons. The van der Waals surface area contributed by atoms with Gasteiger partial charge in [-0.25, -0.2) is 9.97 Å². The van der Waals surface area contributed by atoms with Crippen molar-refractivity contribution in [1.82, 2.24) is 15.0 Å². The molecule has 0 saturated heterocycles. The van der Waals surface area contributed by atoms with Crippen molar-refractivity contribution in [1.29, 1.82) is 0 Å². The van der Waals surface area contributed by atoms with Crippen molar-refractivity contribution < 1.29 is 0 Å². The van der Waals surface area contributed by atoms with Crippen LogP contribution in [0.5, 0.6) is 0 Å². The van der Waals surface area contributed by atoms with Crippen LogP contribution in [0.4, 0.5) is 0 Å². The normalized spacial score (nSPS) is 10.1. The number of nitrogens with zero attached hydrogens (tertiary/aromatic N) is 3. The van der Waals surface area contributed by atoms with Gasteiger partial charge in [0, 0.05) is 23.5 Å². The van der Waals surface area contributed by atoms with Crippen LogP contribution < -0.4 is 0 Å². The largest absolute Gasteiger partial charge is 0.265 e. The minimum absolute atomic E-state index is 0.979. The molecular weight excluding hydrogens is 309 g/mol. The summed E-state index contributed by atoms with van der Waals surface area (Å²) in [5, 5.41) is 0.979. The highest BCUT2D eigenvalue weighted by molar-refractivity contribution is 14.1. The van der Waals surface area contributed by atoms with E-state index in [9.17, 15) is 0 Å². The van der Waals surface area contributed by atoms with Gasteiger partial charge in [-0.2, -0.15) is 0 Å². The van der Waals surface area contributed by atoms with Gasteiger partial charge in [0.05, 0.1) is 3.57 Å². The molecule has 0 spiro atoms. The minimum atomic E-state index is 0.979. The van der Waals surface area contributed by atoms with E-state index in [0.717, 1.165) is 13.5 Å². The molecule has 0 unspecified atom stereocenters. The van der Waals surface area contributed by atoms with E-state index < -0.39 is 0 Å². The van der Waals surface area contributed by atoms with Crippen LogP contribution in [-0.4, -0.2) is 15.0 Å². The Morgan fingerprint density at radius 1 is 1.14 bits per heavy atom. The molecule has 70 valence electrons. The minimum Gasteiger partial charge on any atom is -0.265 e. The monoisotopic (exact) mass is 315 g/mol. The molecule has 0 aromatic carbocycles. The van der Waals surface area contributed by atoms with Crippen molar-refractivity contribution in [3.05, 3.63) is 40.6 Å². The molecule has 0 aliphatic carbocycles. The highest BCUT2D eigenvalue weighted by Gasteiger charge is 2.02. The van der Waals surface area contributed by atoms with Gasteiger partial charge in [0.25, 0.3) is 0 Å². The number of hydrogen-bond acceptors (Lipinski definition) is 4. The summed E-state index contributed by atoms with van der Waals surface area (Å²) in [6.07, 6.45) is 6.91. The van der Waals surface area contributed by atoms with Crippen molar-refractivity contribution in [2.75, 3.05) is 0 Å². The van der Waals surface area contributed by atoms with Crippen LogP contribution in [0.1, 0.15) is 0 Å². The van der Waals surface area contributed by atoms with Crippen molar-refractivity contribution >= 4 is 34.4 Å². The summed E-state index contributed by atoms with van der Waals surface area (Å²) in [6.45, 7) is 0. The fourth-order valence-corrected chi connectivity index (χ4v) is 2.26. The Morgan fingerprint density at radius 2 is 1.93 bits per heavy atom. The third-order valence-electron chi connectivity index (χ3n) is 1.50. The second kappa shape index (κ2) is 4.70. The molecule has 2 aromatic heterocycles. The van der Waals surface area contributed by atoms with E-state index in [0.29, 0.717) is 0 Å². The molecule has 5 heteroatoms. The van der Waals surface area contributed by atoms with Gasteiger partial charge >= 0.3 is 0 Å². The van der Waals surface area contributed by atoms with Crippen LogP contribution in [0.15, 0.2) is 47.0 Å². The lowest BCUT2D eigenvalue weighted by Crippen LogP contribution is -1.86.